The highest BCUT2D eigenvalue weighted by Crippen LogP contribution is 2.30. The van der Waals surface area contributed by atoms with Crippen LogP contribution in [0.1, 0.15) is 36.7 Å². The van der Waals surface area contributed by atoms with Gasteiger partial charge in [-0.15, -0.1) is 0 Å². The van der Waals surface area contributed by atoms with Gasteiger partial charge in [0.2, 0.25) is 0 Å². The fraction of sp³-hybridized carbons (Fsp3) is 0.346. The van der Waals surface area contributed by atoms with Crippen LogP contribution < -0.4 is 4.74 Å². The lowest BCUT2D eigenvalue weighted by Crippen LogP contribution is -2.52. The summed E-state index contributed by atoms with van der Waals surface area (Å²) in [6.45, 7) is 7.97. The van der Waals surface area contributed by atoms with E-state index in [9.17, 15) is 9.59 Å². The Morgan fingerprint density at radius 1 is 1.12 bits per heavy atom. The molecule has 3 aromatic rings. The molecule has 1 fully saturated rings. The normalized spacial score (nSPS) is 14.0. The SMILES string of the molecule is CC(C)(C)OC(=O)N1CC(Cn2cc(-c3cccc(OCc4ccccc4)c3C=O)cn2)C1. The molecule has 7 nitrogen and oxygen atoms in total. The summed E-state index contributed by atoms with van der Waals surface area (Å²) >= 11 is 0. The maximum atomic E-state index is 12.1. The van der Waals surface area contributed by atoms with Crippen LogP contribution in [0.3, 0.4) is 0 Å². The second kappa shape index (κ2) is 9.48. The predicted octanol–water partition coefficient (Wildman–Crippen LogP) is 4.81. The minimum atomic E-state index is -0.491. The molecule has 33 heavy (non-hydrogen) atoms. The number of ether oxygens (including phenoxy) is 2. The van der Waals surface area contributed by atoms with Crippen molar-refractivity contribution in [2.45, 2.75) is 39.5 Å². The van der Waals surface area contributed by atoms with E-state index >= 15 is 0 Å². The average Bonchev–Trinajstić information content (AvgIpc) is 3.22. The zero-order chi connectivity index (χ0) is 23.4. The second-order valence-corrected chi connectivity index (χ2v) is 9.31. The van der Waals surface area contributed by atoms with Crippen molar-refractivity contribution in [1.29, 1.82) is 0 Å². The van der Waals surface area contributed by atoms with E-state index in [1.807, 2.05) is 74.1 Å². The van der Waals surface area contributed by atoms with Crippen LogP contribution in [0.15, 0.2) is 60.9 Å². The number of benzene rings is 2. The van der Waals surface area contributed by atoms with Gasteiger partial charge >= 0.3 is 6.09 Å². The molecule has 4 rings (SSSR count). The molecule has 0 atom stereocenters. The molecule has 0 saturated carbocycles. The van der Waals surface area contributed by atoms with Crippen molar-refractivity contribution in [3.8, 4) is 16.9 Å². The number of hydrogen-bond acceptors (Lipinski definition) is 5. The van der Waals surface area contributed by atoms with Gasteiger partial charge in [0.1, 0.15) is 18.0 Å². The highest BCUT2D eigenvalue weighted by molar-refractivity contribution is 5.90. The van der Waals surface area contributed by atoms with Crippen molar-refractivity contribution >= 4 is 12.4 Å². The van der Waals surface area contributed by atoms with E-state index < -0.39 is 5.60 Å². The van der Waals surface area contributed by atoms with E-state index in [1.165, 1.54) is 0 Å². The number of carbonyl (C=O) groups excluding carboxylic acids is 2. The minimum Gasteiger partial charge on any atom is -0.488 e. The molecule has 172 valence electrons. The molecule has 2 heterocycles. The number of hydrogen-bond donors (Lipinski definition) is 0. The Morgan fingerprint density at radius 2 is 1.88 bits per heavy atom. The first-order chi connectivity index (χ1) is 15.8. The molecule has 7 heteroatoms. The number of rotatable bonds is 7. The Kier molecular flexibility index (Phi) is 6.49. The molecule has 0 radical (unpaired) electrons. The summed E-state index contributed by atoms with van der Waals surface area (Å²) in [7, 11) is 0. The summed E-state index contributed by atoms with van der Waals surface area (Å²) in [5.74, 6) is 0.863. The zero-order valence-corrected chi connectivity index (χ0v) is 19.2. The topological polar surface area (TPSA) is 73.7 Å². The van der Waals surface area contributed by atoms with Gasteiger partial charge in [-0.2, -0.15) is 5.10 Å². The third kappa shape index (κ3) is 5.61. The van der Waals surface area contributed by atoms with Crippen LogP contribution in [-0.4, -0.2) is 45.8 Å². The number of nitrogens with zero attached hydrogens (tertiary/aromatic N) is 3. The Morgan fingerprint density at radius 3 is 2.58 bits per heavy atom. The smallest absolute Gasteiger partial charge is 0.410 e. The van der Waals surface area contributed by atoms with Gasteiger partial charge in [0, 0.05) is 37.3 Å². The predicted molar refractivity (Wildman–Crippen MR) is 125 cm³/mol. The first-order valence-electron chi connectivity index (χ1n) is 11.1. The molecular weight excluding hydrogens is 418 g/mol. The number of aromatic nitrogens is 2. The first kappa shape index (κ1) is 22.6. The maximum absolute atomic E-state index is 12.1. The molecular formula is C26H29N3O4. The Bertz CT molecular complexity index is 1110. The van der Waals surface area contributed by atoms with Gasteiger partial charge in [-0.3, -0.25) is 9.48 Å². The van der Waals surface area contributed by atoms with Gasteiger partial charge in [-0.25, -0.2) is 4.79 Å². The van der Waals surface area contributed by atoms with E-state index in [4.69, 9.17) is 9.47 Å². The van der Waals surface area contributed by atoms with Crippen molar-refractivity contribution in [3.05, 3.63) is 72.1 Å². The molecule has 1 aliphatic heterocycles. The van der Waals surface area contributed by atoms with Gasteiger partial charge in [0.25, 0.3) is 0 Å². The highest BCUT2D eigenvalue weighted by Gasteiger charge is 2.34. The van der Waals surface area contributed by atoms with Gasteiger partial charge < -0.3 is 14.4 Å². The summed E-state index contributed by atoms with van der Waals surface area (Å²) in [4.78, 5) is 25.7. The fourth-order valence-corrected chi connectivity index (χ4v) is 3.81. The molecule has 0 aliphatic carbocycles. The summed E-state index contributed by atoms with van der Waals surface area (Å²) in [5.41, 5.74) is 2.69. The monoisotopic (exact) mass is 447 g/mol. The highest BCUT2D eigenvalue weighted by atomic mass is 16.6. The summed E-state index contributed by atoms with van der Waals surface area (Å²) in [6.07, 6.45) is 4.24. The number of amides is 1. The minimum absolute atomic E-state index is 0.275. The second-order valence-electron chi connectivity index (χ2n) is 9.31. The van der Waals surface area contributed by atoms with Crippen molar-refractivity contribution in [2.24, 2.45) is 5.92 Å². The van der Waals surface area contributed by atoms with E-state index in [0.29, 0.717) is 43.5 Å². The van der Waals surface area contributed by atoms with E-state index in [2.05, 4.69) is 5.10 Å². The van der Waals surface area contributed by atoms with Crippen LogP contribution in [0.5, 0.6) is 5.75 Å². The molecule has 2 aromatic carbocycles. The number of likely N-dealkylation sites (tertiary alicyclic amines) is 1. The van der Waals surface area contributed by atoms with Crippen LogP contribution in [0, 0.1) is 5.92 Å². The number of carbonyl (C=O) groups is 2. The number of aldehydes is 1. The van der Waals surface area contributed by atoms with E-state index in [-0.39, 0.29) is 6.09 Å². The van der Waals surface area contributed by atoms with Crippen molar-refractivity contribution in [2.75, 3.05) is 13.1 Å². The quantitative estimate of drug-likeness (QED) is 0.486. The first-order valence-corrected chi connectivity index (χ1v) is 11.1. The molecule has 1 amide bonds. The standard InChI is InChI=1S/C26H29N3O4/c1-26(2,3)33-25(31)28-13-20(14-28)15-29-16-21(12-27-29)22-10-7-11-24(23(22)17-30)32-18-19-8-5-4-6-9-19/h4-12,16-17,20H,13-15,18H2,1-3H3. The summed E-state index contributed by atoms with van der Waals surface area (Å²) in [6, 6.07) is 15.4. The molecule has 1 saturated heterocycles. The van der Waals surface area contributed by atoms with E-state index in [0.717, 1.165) is 23.0 Å². The van der Waals surface area contributed by atoms with Crippen molar-refractivity contribution in [3.63, 3.8) is 0 Å². The molecule has 0 spiro atoms. The van der Waals surface area contributed by atoms with Crippen LogP contribution in [0.2, 0.25) is 0 Å². The largest absolute Gasteiger partial charge is 0.488 e. The average molecular weight is 448 g/mol. The lowest BCUT2D eigenvalue weighted by molar-refractivity contribution is -0.00384. The van der Waals surface area contributed by atoms with E-state index in [1.54, 1.807) is 17.2 Å². The van der Waals surface area contributed by atoms with Crippen molar-refractivity contribution < 1.29 is 19.1 Å². The molecule has 0 unspecified atom stereocenters. The van der Waals surface area contributed by atoms with Crippen LogP contribution in [-0.2, 0) is 17.9 Å². The van der Waals surface area contributed by atoms with Gasteiger partial charge in [-0.05, 0) is 38.0 Å². The van der Waals surface area contributed by atoms with Crippen molar-refractivity contribution in [1.82, 2.24) is 14.7 Å². The molecule has 1 aliphatic rings. The van der Waals surface area contributed by atoms with Gasteiger partial charge in [0.15, 0.2) is 6.29 Å². The van der Waals surface area contributed by atoms with Crippen LogP contribution in [0.4, 0.5) is 4.79 Å². The maximum Gasteiger partial charge on any atom is 0.410 e. The van der Waals surface area contributed by atoms with Gasteiger partial charge in [0.05, 0.1) is 11.8 Å². The third-order valence-electron chi connectivity index (χ3n) is 5.42. The summed E-state index contributed by atoms with van der Waals surface area (Å²) < 4.78 is 13.2. The Labute approximate surface area is 193 Å². The zero-order valence-electron chi connectivity index (χ0n) is 19.2. The fourth-order valence-electron chi connectivity index (χ4n) is 3.81. The van der Waals surface area contributed by atoms with Crippen LogP contribution >= 0.6 is 0 Å². The lowest BCUT2D eigenvalue weighted by Gasteiger charge is -2.39. The Hall–Kier alpha value is -3.61. The van der Waals surface area contributed by atoms with Gasteiger partial charge in [-0.1, -0.05) is 42.5 Å². The third-order valence-corrected chi connectivity index (χ3v) is 5.42. The molecule has 1 aromatic heterocycles. The Balaban J connectivity index is 1.39. The molecule has 0 N–H and O–H groups in total. The molecule has 0 bridgehead atoms. The lowest BCUT2D eigenvalue weighted by atomic mass is 10.0. The van der Waals surface area contributed by atoms with Crippen LogP contribution in [0.25, 0.3) is 11.1 Å². The summed E-state index contributed by atoms with van der Waals surface area (Å²) in [5, 5.41) is 4.47.